The number of hydrogen-bond donors (Lipinski definition) is 1. The van der Waals surface area contributed by atoms with Crippen molar-refractivity contribution in [3.05, 3.63) is 129 Å². The van der Waals surface area contributed by atoms with Gasteiger partial charge in [0.2, 0.25) is 11.8 Å². The predicted octanol–water partition coefficient (Wildman–Crippen LogP) is 7.71. The van der Waals surface area contributed by atoms with Crippen LogP contribution in [-0.4, -0.2) is 44.3 Å². The van der Waals surface area contributed by atoms with Crippen LogP contribution in [0.3, 0.4) is 0 Å². The molecule has 242 valence electrons. The van der Waals surface area contributed by atoms with Crippen LogP contribution in [0.1, 0.15) is 36.5 Å². The van der Waals surface area contributed by atoms with Crippen molar-refractivity contribution in [1.82, 2.24) is 10.2 Å². The Hall–Kier alpha value is -3.56. The number of hydrogen-bond acceptors (Lipinski definition) is 4. The monoisotopic (exact) mass is 699 g/mol. The van der Waals surface area contributed by atoms with Gasteiger partial charge in [0.05, 0.1) is 20.6 Å². The SMILES string of the molecule is CCCCNC(=O)[C@H](Cc1ccccc1)N(Cc1ccc(Cl)c(Cl)c1)C(=O)CN(c1cccc(C)c1)S(=O)(=O)c1ccc(Cl)cc1. The number of carbonyl (C=O) groups is 2. The van der Waals surface area contributed by atoms with Crippen molar-refractivity contribution in [3.8, 4) is 0 Å². The Kier molecular flexibility index (Phi) is 12.5. The third-order valence-electron chi connectivity index (χ3n) is 7.41. The standard InChI is InChI=1S/C35H36Cl3N3O4S/c1-3-4-19-39-35(43)33(22-26-10-6-5-7-11-26)40(23-27-13-18-31(37)32(38)21-27)34(42)24-41(29-12-8-9-25(2)20-29)46(44,45)30-16-14-28(36)15-17-30/h5-18,20-21,33H,3-4,19,22-24H2,1-2H3,(H,39,43)/t33-/m0/s1. The fourth-order valence-corrected chi connectivity index (χ4v) is 6.79. The molecule has 1 atom stereocenters. The molecule has 4 rings (SSSR count). The van der Waals surface area contributed by atoms with Crippen LogP contribution >= 0.6 is 34.8 Å². The number of anilines is 1. The van der Waals surface area contributed by atoms with Gasteiger partial charge in [-0.1, -0.05) is 96.7 Å². The fourth-order valence-electron chi connectivity index (χ4n) is 4.94. The van der Waals surface area contributed by atoms with E-state index in [1.807, 2.05) is 50.2 Å². The van der Waals surface area contributed by atoms with Gasteiger partial charge in [-0.25, -0.2) is 8.42 Å². The number of halogens is 3. The third-order valence-corrected chi connectivity index (χ3v) is 10.2. The van der Waals surface area contributed by atoms with Crippen molar-refractivity contribution < 1.29 is 18.0 Å². The maximum atomic E-state index is 14.5. The third kappa shape index (κ3) is 9.26. The zero-order valence-electron chi connectivity index (χ0n) is 25.6. The minimum absolute atomic E-state index is 0.0168. The Morgan fingerprint density at radius 3 is 2.20 bits per heavy atom. The van der Waals surface area contributed by atoms with E-state index in [0.717, 1.165) is 28.3 Å². The zero-order chi connectivity index (χ0) is 33.3. The van der Waals surface area contributed by atoms with Gasteiger partial charge < -0.3 is 10.2 Å². The molecule has 1 N–H and O–H groups in total. The van der Waals surface area contributed by atoms with Crippen LogP contribution < -0.4 is 9.62 Å². The average Bonchev–Trinajstić information content (AvgIpc) is 3.03. The van der Waals surface area contributed by atoms with E-state index in [2.05, 4.69) is 5.32 Å². The minimum atomic E-state index is -4.24. The minimum Gasteiger partial charge on any atom is -0.354 e. The zero-order valence-corrected chi connectivity index (χ0v) is 28.7. The van der Waals surface area contributed by atoms with Gasteiger partial charge in [-0.2, -0.15) is 0 Å². The van der Waals surface area contributed by atoms with Crippen molar-refractivity contribution in [2.24, 2.45) is 0 Å². The molecule has 0 unspecified atom stereocenters. The molecule has 0 aliphatic carbocycles. The first-order valence-corrected chi connectivity index (χ1v) is 17.5. The highest BCUT2D eigenvalue weighted by molar-refractivity contribution is 7.92. The second-order valence-corrected chi connectivity index (χ2v) is 14.0. The van der Waals surface area contributed by atoms with E-state index in [1.54, 1.807) is 36.4 Å². The summed E-state index contributed by atoms with van der Waals surface area (Å²) in [6, 6.07) is 26.1. The highest BCUT2D eigenvalue weighted by atomic mass is 35.5. The van der Waals surface area contributed by atoms with Gasteiger partial charge in [-0.3, -0.25) is 13.9 Å². The lowest BCUT2D eigenvalue weighted by molar-refractivity contribution is -0.140. The molecule has 46 heavy (non-hydrogen) atoms. The molecule has 0 heterocycles. The van der Waals surface area contributed by atoms with Gasteiger partial charge >= 0.3 is 0 Å². The number of nitrogens with zero attached hydrogens (tertiary/aromatic N) is 2. The van der Waals surface area contributed by atoms with E-state index in [4.69, 9.17) is 34.8 Å². The summed E-state index contributed by atoms with van der Waals surface area (Å²) in [6.45, 7) is 3.72. The largest absolute Gasteiger partial charge is 0.354 e. The van der Waals surface area contributed by atoms with Gasteiger partial charge in [0.15, 0.2) is 0 Å². The molecule has 0 fully saturated rings. The Balaban J connectivity index is 1.80. The van der Waals surface area contributed by atoms with Crippen LogP contribution in [0.4, 0.5) is 5.69 Å². The van der Waals surface area contributed by atoms with Gasteiger partial charge in [0, 0.05) is 24.5 Å². The number of aryl methyl sites for hydroxylation is 1. The second-order valence-electron chi connectivity index (χ2n) is 10.9. The van der Waals surface area contributed by atoms with E-state index in [-0.39, 0.29) is 23.8 Å². The van der Waals surface area contributed by atoms with Crippen molar-refractivity contribution >= 4 is 62.3 Å². The molecule has 7 nitrogen and oxygen atoms in total. The van der Waals surface area contributed by atoms with Crippen LogP contribution in [0.2, 0.25) is 15.1 Å². The maximum Gasteiger partial charge on any atom is 0.264 e. The highest BCUT2D eigenvalue weighted by Gasteiger charge is 2.34. The molecule has 0 aromatic heterocycles. The van der Waals surface area contributed by atoms with E-state index in [9.17, 15) is 18.0 Å². The molecule has 2 amide bonds. The number of amides is 2. The molecule has 11 heteroatoms. The second kappa shape index (κ2) is 16.3. The molecule has 0 bridgehead atoms. The molecule has 0 saturated carbocycles. The molecular formula is C35H36Cl3N3O4S. The fraction of sp³-hybridized carbons (Fsp3) is 0.257. The first-order valence-electron chi connectivity index (χ1n) is 14.9. The van der Waals surface area contributed by atoms with Crippen LogP contribution in [0.15, 0.2) is 102 Å². The smallest absolute Gasteiger partial charge is 0.264 e. The van der Waals surface area contributed by atoms with E-state index in [1.165, 1.54) is 29.2 Å². The van der Waals surface area contributed by atoms with Gasteiger partial charge in [0.25, 0.3) is 10.0 Å². The van der Waals surface area contributed by atoms with Gasteiger partial charge in [-0.15, -0.1) is 0 Å². The van der Waals surface area contributed by atoms with E-state index >= 15 is 0 Å². The molecule has 0 radical (unpaired) electrons. The number of nitrogens with one attached hydrogen (secondary N) is 1. The Bertz CT molecular complexity index is 1750. The molecular weight excluding hydrogens is 665 g/mol. The lowest BCUT2D eigenvalue weighted by Gasteiger charge is -2.34. The van der Waals surface area contributed by atoms with E-state index < -0.39 is 28.5 Å². The number of benzene rings is 4. The van der Waals surface area contributed by atoms with Crippen molar-refractivity contribution in [1.29, 1.82) is 0 Å². The lowest BCUT2D eigenvalue weighted by atomic mass is 10.0. The summed E-state index contributed by atoms with van der Waals surface area (Å²) in [5, 5.41) is 4.00. The molecule has 4 aromatic rings. The summed E-state index contributed by atoms with van der Waals surface area (Å²) in [5.41, 5.74) is 2.59. The molecule has 0 aliphatic heterocycles. The van der Waals surface area contributed by atoms with Crippen LogP contribution in [-0.2, 0) is 32.6 Å². The Morgan fingerprint density at radius 2 is 1.54 bits per heavy atom. The molecule has 0 saturated heterocycles. The highest BCUT2D eigenvalue weighted by Crippen LogP contribution is 2.28. The van der Waals surface area contributed by atoms with Crippen molar-refractivity contribution in [2.75, 3.05) is 17.4 Å². The normalized spacial score (nSPS) is 11.9. The number of unbranched alkanes of at least 4 members (excludes halogenated alkanes) is 1. The Morgan fingerprint density at radius 1 is 0.826 bits per heavy atom. The summed E-state index contributed by atoms with van der Waals surface area (Å²) < 4.78 is 29.3. The Labute approximate surface area is 286 Å². The van der Waals surface area contributed by atoms with E-state index in [0.29, 0.717) is 32.9 Å². The maximum absolute atomic E-state index is 14.5. The van der Waals surface area contributed by atoms with Gasteiger partial charge in [-0.05, 0) is 78.6 Å². The summed E-state index contributed by atoms with van der Waals surface area (Å²) >= 11 is 18.6. The average molecular weight is 701 g/mol. The lowest BCUT2D eigenvalue weighted by Crippen LogP contribution is -2.53. The predicted molar refractivity (Wildman–Crippen MR) is 186 cm³/mol. The van der Waals surface area contributed by atoms with Crippen LogP contribution in [0.25, 0.3) is 0 Å². The molecule has 0 aliphatic rings. The summed E-state index contributed by atoms with van der Waals surface area (Å²) in [5.74, 6) is -0.912. The quantitative estimate of drug-likeness (QED) is 0.137. The number of carbonyl (C=O) groups excluding carboxylic acids is 2. The van der Waals surface area contributed by atoms with Crippen LogP contribution in [0.5, 0.6) is 0 Å². The number of rotatable bonds is 14. The summed E-state index contributed by atoms with van der Waals surface area (Å²) in [4.78, 5) is 29.8. The first-order chi connectivity index (χ1) is 22.0. The van der Waals surface area contributed by atoms with Crippen molar-refractivity contribution in [3.63, 3.8) is 0 Å². The molecule has 4 aromatic carbocycles. The van der Waals surface area contributed by atoms with Gasteiger partial charge in [0.1, 0.15) is 12.6 Å². The van der Waals surface area contributed by atoms with Crippen LogP contribution in [0, 0.1) is 6.92 Å². The summed E-state index contributed by atoms with van der Waals surface area (Å²) in [6.07, 6.45) is 1.86. The first kappa shape index (κ1) is 35.3. The topological polar surface area (TPSA) is 86.8 Å². The summed E-state index contributed by atoms with van der Waals surface area (Å²) in [7, 11) is -4.24. The number of sulfonamides is 1. The molecule has 0 spiro atoms. The van der Waals surface area contributed by atoms with Crippen molar-refractivity contribution in [2.45, 2.75) is 50.6 Å².